The summed E-state index contributed by atoms with van der Waals surface area (Å²) < 4.78 is 0. The Morgan fingerprint density at radius 1 is 1.33 bits per heavy atom. The molecule has 1 atom stereocenters. The van der Waals surface area contributed by atoms with Crippen molar-refractivity contribution in [1.82, 2.24) is 0 Å². The summed E-state index contributed by atoms with van der Waals surface area (Å²) in [6, 6.07) is 9.59. The average molecular weight is 162 g/mol. The first-order chi connectivity index (χ1) is 5.75. The molecule has 1 aromatic rings. The molecule has 63 valence electrons. The Kier molecular flexibility index (Phi) is 2.86. The van der Waals surface area contributed by atoms with E-state index in [2.05, 4.69) is 0 Å². The van der Waals surface area contributed by atoms with Crippen LogP contribution >= 0.6 is 0 Å². The van der Waals surface area contributed by atoms with E-state index >= 15 is 0 Å². The van der Waals surface area contributed by atoms with Crippen LogP contribution in [0, 0.1) is 0 Å². The average Bonchev–Trinajstić information content (AvgIpc) is 2.17. The quantitative estimate of drug-likeness (QED) is 0.673. The second-order valence-electron chi connectivity index (χ2n) is 2.74. The van der Waals surface area contributed by atoms with Crippen molar-refractivity contribution in [3.63, 3.8) is 0 Å². The van der Waals surface area contributed by atoms with Crippen LogP contribution in [-0.2, 0) is 4.79 Å². The minimum absolute atomic E-state index is 0.188. The third kappa shape index (κ3) is 1.84. The Bertz CT molecular complexity index is 245. The van der Waals surface area contributed by atoms with Crippen molar-refractivity contribution in [2.24, 2.45) is 0 Å². The lowest BCUT2D eigenvalue weighted by molar-refractivity contribution is 0.543. The van der Waals surface area contributed by atoms with Gasteiger partial charge in [0.2, 0.25) is 6.29 Å². The van der Waals surface area contributed by atoms with Gasteiger partial charge in [-0.2, -0.15) is 0 Å². The first-order valence-corrected chi connectivity index (χ1v) is 3.91. The smallest absolute Gasteiger partial charge is 0.222 e. The third-order valence-electron chi connectivity index (χ3n) is 1.91. The van der Waals surface area contributed by atoms with E-state index < -0.39 is 0 Å². The van der Waals surface area contributed by atoms with E-state index in [1.165, 1.54) is 0 Å². The molecule has 1 unspecified atom stereocenters. The molecule has 12 heavy (non-hydrogen) atoms. The molecule has 1 aromatic carbocycles. The number of benzene rings is 1. The number of rotatable bonds is 3. The molecule has 0 N–H and O–H groups in total. The van der Waals surface area contributed by atoms with Gasteiger partial charge in [-0.25, -0.2) is 0 Å². The Balaban J connectivity index is 2.78. The highest BCUT2D eigenvalue weighted by Gasteiger charge is 2.07. The number of hydrogen-bond donors (Lipinski definition) is 0. The summed E-state index contributed by atoms with van der Waals surface area (Å²) in [5.74, 6) is 0. The molecule has 0 aliphatic carbocycles. The second kappa shape index (κ2) is 3.90. The number of likely N-dealkylation sites (N-methyl/N-ethyl adjacent to an activating group) is 1. The molecule has 0 aromatic heterocycles. The molecular formula is C10H12NO. The predicted molar refractivity (Wildman–Crippen MR) is 50.0 cm³/mol. The summed E-state index contributed by atoms with van der Waals surface area (Å²) in [6.45, 7) is 1.82. The molecule has 0 saturated heterocycles. The summed E-state index contributed by atoms with van der Waals surface area (Å²) in [6.07, 6.45) is 1.94. The highest BCUT2D eigenvalue weighted by molar-refractivity contribution is 5.65. The Morgan fingerprint density at radius 2 is 1.92 bits per heavy atom. The van der Waals surface area contributed by atoms with Crippen LogP contribution < -0.4 is 4.90 Å². The summed E-state index contributed by atoms with van der Waals surface area (Å²) in [4.78, 5) is 12.2. The van der Waals surface area contributed by atoms with Gasteiger partial charge in [-0.1, -0.05) is 18.2 Å². The lowest BCUT2D eigenvalue weighted by Crippen LogP contribution is -2.29. The van der Waals surface area contributed by atoms with E-state index in [9.17, 15) is 4.79 Å². The van der Waals surface area contributed by atoms with Gasteiger partial charge in [-0.15, -0.1) is 0 Å². The normalized spacial score (nSPS) is 12.2. The second-order valence-corrected chi connectivity index (χ2v) is 2.74. The van der Waals surface area contributed by atoms with Gasteiger partial charge in [0, 0.05) is 12.7 Å². The molecule has 0 aliphatic heterocycles. The number of carbonyl (C=O) groups excluding carboxylic acids is 1. The molecule has 1 rings (SSSR count). The van der Waals surface area contributed by atoms with Crippen molar-refractivity contribution >= 4 is 12.0 Å². The standard InChI is InChI=1S/C10H12NO/c1-9(8-12)11(2)10-6-4-3-5-7-10/h3-7,9H,1-2H3. The molecule has 1 radical (unpaired) electrons. The van der Waals surface area contributed by atoms with Crippen LogP contribution in [0.15, 0.2) is 30.3 Å². The van der Waals surface area contributed by atoms with E-state index in [0.717, 1.165) is 5.69 Å². The van der Waals surface area contributed by atoms with Gasteiger partial charge in [0.25, 0.3) is 0 Å². The minimum Gasteiger partial charge on any atom is -0.364 e. The van der Waals surface area contributed by atoms with Crippen molar-refractivity contribution in [1.29, 1.82) is 0 Å². The lowest BCUT2D eigenvalue weighted by atomic mass is 10.2. The highest BCUT2D eigenvalue weighted by atomic mass is 16.1. The maximum Gasteiger partial charge on any atom is 0.222 e. The van der Waals surface area contributed by atoms with Gasteiger partial charge >= 0.3 is 0 Å². The molecule has 0 spiro atoms. The molecular weight excluding hydrogens is 150 g/mol. The van der Waals surface area contributed by atoms with Gasteiger partial charge in [-0.05, 0) is 19.1 Å². The molecule has 0 heterocycles. The van der Waals surface area contributed by atoms with Crippen molar-refractivity contribution < 1.29 is 4.79 Å². The summed E-state index contributed by atoms with van der Waals surface area (Å²) >= 11 is 0. The lowest BCUT2D eigenvalue weighted by Gasteiger charge is -2.21. The predicted octanol–water partition coefficient (Wildman–Crippen LogP) is 1.62. The van der Waals surface area contributed by atoms with E-state index in [1.54, 1.807) is 0 Å². The van der Waals surface area contributed by atoms with Crippen molar-refractivity contribution in [2.75, 3.05) is 11.9 Å². The monoisotopic (exact) mass is 162 g/mol. The first-order valence-electron chi connectivity index (χ1n) is 3.91. The first kappa shape index (κ1) is 8.78. The molecule has 2 heteroatoms. The van der Waals surface area contributed by atoms with Gasteiger partial charge in [0.1, 0.15) is 0 Å². The van der Waals surface area contributed by atoms with Crippen LogP contribution in [0.4, 0.5) is 5.69 Å². The van der Waals surface area contributed by atoms with Gasteiger partial charge in [0.05, 0.1) is 6.04 Å². The topological polar surface area (TPSA) is 20.3 Å². The van der Waals surface area contributed by atoms with Crippen LogP contribution in [-0.4, -0.2) is 19.4 Å². The molecule has 0 aliphatic rings. The fourth-order valence-electron chi connectivity index (χ4n) is 0.966. The van der Waals surface area contributed by atoms with Gasteiger partial charge < -0.3 is 4.90 Å². The number of anilines is 1. The zero-order chi connectivity index (χ0) is 8.97. The molecule has 0 saturated carbocycles. The Hall–Kier alpha value is -1.31. The zero-order valence-corrected chi connectivity index (χ0v) is 7.32. The maximum absolute atomic E-state index is 10.4. The van der Waals surface area contributed by atoms with E-state index in [4.69, 9.17) is 0 Å². The van der Waals surface area contributed by atoms with Crippen LogP contribution in [0.3, 0.4) is 0 Å². The van der Waals surface area contributed by atoms with Crippen molar-refractivity contribution in [3.8, 4) is 0 Å². The summed E-state index contributed by atoms with van der Waals surface area (Å²) in [5, 5.41) is 0. The number of nitrogens with zero attached hydrogens (tertiary/aromatic N) is 1. The molecule has 0 bridgehead atoms. The van der Waals surface area contributed by atoms with Crippen LogP contribution in [0.25, 0.3) is 0 Å². The van der Waals surface area contributed by atoms with E-state index in [1.807, 2.05) is 55.5 Å². The Labute approximate surface area is 72.8 Å². The van der Waals surface area contributed by atoms with E-state index in [-0.39, 0.29) is 6.04 Å². The number of para-hydroxylation sites is 1. The van der Waals surface area contributed by atoms with E-state index in [0.29, 0.717) is 0 Å². The fraction of sp³-hybridized carbons (Fsp3) is 0.300. The zero-order valence-electron chi connectivity index (χ0n) is 7.32. The molecule has 0 amide bonds. The number of hydrogen-bond acceptors (Lipinski definition) is 2. The maximum atomic E-state index is 10.4. The van der Waals surface area contributed by atoms with Crippen LogP contribution in [0.5, 0.6) is 0 Å². The Morgan fingerprint density at radius 3 is 2.42 bits per heavy atom. The van der Waals surface area contributed by atoms with Gasteiger partial charge in [-0.3, -0.25) is 4.79 Å². The summed E-state index contributed by atoms with van der Waals surface area (Å²) in [5.41, 5.74) is 1.04. The van der Waals surface area contributed by atoms with Crippen LogP contribution in [0.2, 0.25) is 0 Å². The molecule has 2 nitrogen and oxygen atoms in total. The van der Waals surface area contributed by atoms with Crippen LogP contribution in [0.1, 0.15) is 6.92 Å². The summed E-state index contributed by atoms with van der Waals surface area (Å²) in [7, 11) is 1.88. The SMILES string of the molecule is CC([C]=O)N(C)c1ccccc1. The fourth-order valence-corrected chi connectivity index (χ4v) is 0.966. The van der Waals surface area contributed by atoms with Crippen molar-refractivity contribution in [3.05, 3.63) is 30.3 Å². The largest absolute Gasteiger partial charge is 0.364 e. The van der Waals surface area contributed by atoms with Gasteiger partial charge in [0.15, 0.2) is 0 Å². The highest BCUT2D eigenvalue weighted by Crippen LogP contribution is 2.12. The third-order valence-corrected chi connectivity index (χ3v) is 1.91. The van der Waals surface area contributed by atoms with Crippen molar-refractivity contribution in [2.45, 2.75) is 13.0 Å². The molecule has 0 fully saturated rings. The minimum atomic E-state index is -0.188.